The Morgan fingerprint density at radius 2 is 1.60 bits per heavy atom. The summed E-state index contributed by atoms with van der Waals surface area (Å²) in [6.45, 7) is 0.763. The van der Waals surface area contributed by atoms with Crippen molar-refractivity contribution in [2.45, 2.75) is 25.4 Å². The molecule has 0 radical (unpaired) electrons. The van der Waals surface area contributed by atoms with E-state index in [1.165, 1.54) is 41.3 Å². The molecule has 0 aliphatic carbocycles. The molecule has 0 aromatic heterocycles. The summed E-state index contributed by atoms with van der Waals surface area (Å²) in [5, 5.41) is 2.79. The molecule has 1 heterocycles. The summed E-state index contributed by atoms with van der Waals surface area (Å²) in [6, 6.07) is 10.6. The van der Waals surface area contributed by atoms with Crippen molar-refractivity contribution in [2.24, 2.45) is 0 Å². The van der Waals surface area contributed by atoms with Gasteiger partial charge >= 0.3 is 0 Å². The Hall–Kier alpha value is -2.76. The van der Waals surface area contributed by atoms with Gasteiger partial charge in [0.15, 0.2) is 0 Å². The Kier molecular flexibility index (Phi) is 5.07. The molecule has 1 aliphatic rings. The average molecular weight is 344 g/mol. The van der Waals surface area contributed by atoms with Gasteiger partial charge in [0, 0.05) is 18.7 Å². The molecule has 1 N–H and O–H groups in total. The number of hydrogen-bond acceptors (Lipinski definition) is 2. The van der Waals surface area contributed by atoms with E-state index in [1.807, 2.05) is 0 Å². The van der Waals surface area contributed by atoms with Gasteiger partial charge in [-0.15, -0.1) is 0 Å². The summed E-state index contributed by atoms with van der Waals surface area (Å²) < 4.78 is 25.9. The molecule has 0 bridgehead atoms. The van der Waals surface area contributed by atoms with Gasteiger partial charge < -0.3 is 10.2 Å². The van der Waals surface area contributed by atoms with Gasteiger partial charge in [-0.3, -0.25) is 9.59 Å². The van der Waals surface area contributed by atoms with Crippen LogP contribution in [0.4, 0.5) is 8.78 Å². The van der Waals surface area contributed by atoms with Gasteiger partial charge in [-0.05, 0) is 54.8 Å². The lowest BCUT2D eigenvalue weighted by molar-refractivity contribution is -0.125. The molecule has 2 aromatic rings. The van der Waals surface area contributed by atoms with Crippen LogP contribution in [0, 0.1) is 11.6 Å². The lowest BCUT2D eigenvalue weighted by Crippen LogP contribution is -2.45. The zero-order valence-electron chi connectivity index (χ0n) is 13.5. The standard InChI is InChI=1S/C19H18F2N2O2/c20-15-7-3-13(4-8-15)12-22-18(24)17-2-1-11-23(17)19(25)14-5-9-16(21)10-6-14/h3-10,17H,1-2,11-12H2,(H,22,24)/t17-/m0/s1. The Morgan fingerprint density at radius 3 is 2.24 bits per heavy atom. The van der Waals surface area contributed by atoms with E-state index in [0.717, 1.165) is 12.0 Å². The van der Waals surface area contributed by atoms with Crippen LogP contribution in [0.1, 0.15) is 28.8 Å². The third kappa shape index (κ3) is 4.02. The number of rotatable bonds is 4. The van der Waals surface area contributed by atoms with Gasteiger partial charge in [-0.2, -0.15) is 0 Å². The number of nitrogens with one attached hydrogen (secondary N) is 1. The first-order chi connectivity index (χ1) is 12.0. The largest absolute Gasteiger partial charge is 0.350 e. The lowest BCUT2D eigenvalue weighted by atomic mass is 10.1. The third-order valence-corrected chi connectivity index (χ3v) is 4.29. The van der Waals surface area contributed by atoms with Crippen LogP contribution in [0.5, 0.6) is 0 Å². The van der Waals surface area contributed by atoms with E-state index in [-0.39, 0.29) is 24.2 Å². The normalized spacial score (nSPS) is 16.7. The predicted molar refractivity (Wildman–Crippen MR) is 88.7 cm³/mol. The van der Waals surface area contributed by atoms with Crippen LogP contribution in [0.3, 0.4) is 0 Å². The summed E-state index contributed by atoms with van der Waals surface area (Å²) in [6.07, 6.45) is 1.32. The molecular weight excluding hydrogens is 326 g/mol. The molecule has 130 valence electrons. The van der Waals surface area contributed by atoms with Crippen molar-refractivity contribution < 1.29 is 18.4 Å². The molecule has 1 saturated heterocycles. The maximum Gasteiger partial charge on any atom is 0.254 e. The average Bonchev–Trinajstić information content (AvgIpc) is 3.11. The Balaban J connectivity index is 1.64. The van der Waals surface area contributed by atoms with E-state index in [0.29, 0.717) is 18.5 Å². The van der Waals surface area contributed by atoms with Crippen molar-refractivity contribution in [3.05, 3.63) is 71.3 Å². The lowest BCUT2D eigenvalue weighted by Gasteiger charge is -2.24. The Morgan fingerprint density at radius 1 is 1.00 bits per heavy atom. The number of carbonyl (C=O) groups is 2. The van der Waals surface area contributed by atoms with Gasteiger partial charge in [0.1, 0.15) is 17.7 Å². The minimum Gasteiger partial charge on any atom is -0.350 e. The highest BCUT2D eigenvalue weighted by Crippen LogP contribution is 2.20. The van der Waals surface area contributed by atoms with Crippen LogP contribution in [-0.4, -0.2) is 29.3 Å². The van der Waals surface area contributed by atoms with Crippen LogP contribution in [-0.2, 0) is 11.3 Å². The van der Waals surface area contributed by atoms with Crippen LogP contribution in [0.2, 0.25) is 0 Å². The maximum atomic E-state index is 13.0. The second kappa shape index (κ2) is 7.42. The molecule has 25 heavy (non-hydrogen) atoms. The van der Waals surface area contributed by atoms with Crippen molar-refractivity contribution in [3.63, 3.8) is 0 Å². The summed E-state index contributed by atoms with van der Waals surface area (Å²) in [7, 11) is 0. The second-order valence-corrected chi connectivity index (χ2v) is 6.01. The minimum absolute atomic E-state index is 0.239. The number of halogens is 2. The molecule has 2 amide bonds. The number of hydrogen-bond donors (Lipinski definition) is 1. The Labute approximate surface area is 144 Å². The zero-order chi connectivity index (χ0) is 17.8. The van der Waals surface area contributed by atoms with Crippen LogP contribution >= 0.6 is 0 Å². The number of amides is 2. The molecule has 0 spiro atoms. The smallest absolute Gasteiger partial charge is 0.254 e. The van der Waals surface area contributed by atoms with Crippen molar-refractivity contribution >= 4 is 11.8 Å². The highest BCUT2D eigenvalue weighted by atomic mass is 19.1. The monoisotopic (exact) mass is 344 g/mol. The first kappa shape index (κ1) is 17.1. The van der Waals surface area contributed by atoms with E-state index in [9.17, 15) is 18.4 Å². The van der Waals surface area contributed by atoms with Gasteiger partial charge in [0.25, 0.3) is 5.91 Å². The zero-order valence-corrected chi connectivity index (χ0v) is 13.5. The SMILES string of the molecule is O=C(NCc1ccc(F)cc1)[C@@H]1CCCN1C(=O)c1ccc(F)cc1. The van der Waals surface area contributed by atoms with Gasteiger partial charge in [0.2, 0.25) is 5.91 Å². The van der Waals surface area contributed by atoms with Crippen molar-refractivity contribution in [1.29, 1.82) is 0 Å². The van der Waals surface area contributed by atoms with Crippen molar-refractivity contribution in [1.82, 2.24) is 10.2 Å². The van der Waals surface area contributed by atoms with Crippen molar-refractivity contribution in [3.8, 4) is 0 Å². The number of nitrogens with zero attached hydrogens (tertiary/aromatic N) is 1. The number of benzene rings is 2. The second-order valence-electron chi connectivity index (χ2n) is 6.01. The topological polar surface area (TPSA) is 49.4 Å². The van der Waals surface area contributed by atoms with E-state index in [4.69, 9.17) is 0 Å². The van der Waals surface area contributed by atoms with Crippen LogP contribution < -0.4 is 5.32 Å². The molecule has 2 aromatic carbocycles. The molecule has 1 aliphatic heterocycles. The molecule has 6 heteroatoms. The van der Waals surface area contributed by atoms with Crippen LogP contribution in [0.25, 0.3) is 0 Å². The quantitative estimate of drug-likeness (QED) is 0.927. The fourth-order valence-electron chi connectivity index (χ4n) is 2.95. The molecule has 3 rings (SSSR count). The number of likely N-dealkylation sites (tertiary alicyclic amines) is 1. The minimum atomic E-state index is -0.544. The van der Waals surface area contributed by atoms with Crippen LogP contribution in [0.15, 0.2) is 48.5 Å². The molecule has 0 saturated carbocycles. The summed E-state index contributed by atoms with van der Waals surface area (Å²) >= 11 is 0. The van der Waals surface area contributed by atoms with E-state index in [2.05, 4.69) is 5.32 Å². The third-order valence-electron chi connectivity index (χ3n) is 4.29. The highest BCUT2D eigenvalue weighted by Gasteiger charge is 2.34. The molecular formula is C19H18F2N2O2. The summed E-state index contributed by atoms with van der Waals surface area (Å²) in [5.41, 5.74) is 1.14. The highest BCUT2D eigenvalue weighted by molar-refractivity contribution is 5.97. The predicted octanol–water partition coefficient (Wildman–Crippen LogP) is 2.89. The molecule has 1 fully saturated rings. The summed E-state index contributed by atoms with van der Waals surface area (Å²) in [4.78, 5) is 26.5. The van der Waals surface area contributed by atoms with E-state index < -0.39 is 11.9 Å². The Bertz CT molecular complexity index is 760. The summed E-state index contributed by atoms with van der Waals surface area (Å²) in [5.74, 6) is -1.26. The van der Waals surface area contributed by atoms with Crippen molar-refractivity contribution in [2.75, 3.05) is 6.54 Å². The number of carbonyl (C=O) groups excluding carboxylic acids is 2. The van der Waals surface area contributed by atoms with Gasteiger partial charge in [-0.25, -0.2) is 8.78 Å². The van der Waals surface area contributed by atoms with E-state index in [1.54, 1.807) is 12.1 Å². The van der Waals surface area contributed by atoms with E-state index >= 15 is 0 Å². The van der Waals surface area contributed by atoms with Gasteiger partial charge in [-0.1, -0.05) is 12.1 Å². The fourth-order valence-corrected chi connectivity index (χ4v) is 2.95. The first-order valence-corrected chi connectivity index (χ1v) is 8.13. The maximum absolute atomic E-state index is 13.0. The molecule has 0 unspecified atom stereocenters. The fraction of sp³-hybridized carbons (Fsp3) is 0.263. The first-order valence-electron chi connectivity index (χ1n) is 8.13. The van der Waals surface area contributed by atoms with Gasteiger partial charge in [0.05, 0.1) is 0 Å². The molecule has 1 atom stereocenters. The molecule has 4 nitrogen and oxygen atoms in total.